The fraction of sp³-hybridized carbons (Fsp3) is 0.471. The first-order valence-electron chi connectivity index (χ1n) is 7.48. The van der Waals surface area contributed by atoms with Gasteiger partial charge in [0.1, 0.15) is 5.01 Å². The number of aryl methyl sites for hydroxylation is 2. The number of thiazole rings is 1. The molecule has 0 atom stereocenters. The number of nitrogens with zero attached hydrogens (tertiary/aromatic N) is 1. The van der Waals surface area contributed by atoms with Crippen LogP contribution < -0.4 is 5.32 Å². The number of hydrogen-bond acceptors (Lipinski definition) is 4. The first kappa shape index (κ1) is 16.5. The van der Waals surface area contributed by atoms with Crippen molar-refractivity contribution in [2.24, 2.45) is 0 Å². The third-order valence-electron chi connectivity index (χ3n) is 3.18. The maximum absolute atomic E-state index is 4.80. The molecular formula is C17H24N2S2. The minimum absolute atomic E-state index is 0.516. The summed E-state index contributed by atoms with van der Waals surface area (Å²) in [5, 5.41) is 4.73. The molecule has 0 spiro atoms. The van der Waals surface area contributed by atoms with E-state index in [0.717, 1.165) is 18.7 Å². The summed E-state index contributed by atoms with van der Waals surface area (Å²) in [5.74, 6) is 0.961. The number of nitrogens with one attached hydrogen (secondary N) is 1. The van der Waals surface area contributed by atoms with Crippen molar-refractivity contribution in [2.75, 3.05) is 0 Å². The minimum Gasteiger partial charge on any atom is -0.310 e. The lowest BCUT2D eigenvalue weighted by molar-refractivity contribution is 0.590. The summed E-state index contributed by atoms with van der Waals surface area (Å²) in [6, 6.07) is 9.18. The van der Waals surface area contributed by atoms with Gasteiger partial charge in [-0.3, -0.25) is 0 Å². The lowest BCUT2D eigenvalue weighted by atomic mass is 10.2. The highest BCUT2D eigenvalue weighted by Gasteiger charge is 2.10. The monoisotopic (exact) mass is 320 g/mol. The molecule has 0 fully saturated rings. The second-order valence-electron chi connectivity index (χ2n) is 5.47. The molecule has 0 aliphatic rings. The minimum atomic E-state index is 0.516. The Bertz CT molecular complexity index is 576. The standard InChI is InChI=1S/C17H24N2S2/c1-5-15-16(10-18-12(2)3)21-17(19-15)11-20-14-8-6-7-13(4)9-14/h6-9,12,18H,5,10-11H2,1-4H3. The Morgan fingerprint density at radius 2 is 2.14 bits per heavy atom. The van der Waals surface area contributed by atoms with Gasteiger partial charge in [-0.15, -0.1) is 23.1 Å². The molecule has 0 bridgehead atoms. The molecule has 114 valence electrons. The van der Waals surface area contributed by atoms with Crippen LogP contribution in [0.2, 0.25) is 0 Å². The van der Waals surface area contributed by atoms with Crippen LogP contribution in [0.3, 0.4) is 0 Å². The van der Waals surface area contributed by atoms with Crippen molar-refractivity contribution in [1.29, 1.82) is 0 Å². The van der Waals surface area contributed by atoms with Gasteiger partial charge < -0.3 is 5.32 Å². The molecule has 2 nitrogen and oxygen atoms in total. The molecule has 4 heteroatoms. The summed E-state index contributed by atoms with van der Waals surface area (Å²) in [5.41, 5.74) is 2.57. The SMILES string of the molecule is CCc1nc(CSc2cccc(C)c2)sc1CNC(C)C. The zero-order chi connectivity index (χ0) is 15.2. The van der Waals surface area contributed by atoms with E-state index in [9.17, 15) is 0 Å². The molecule has 0 radical (unpaired) electrons. The average molecular weight is 321 g/mol. The Hall–Kier alpha value is -0.840. The molecule has 2 aromatic rings. The molecule has 0 saturated carbocycles. The van der Waals surface area contributed by atoms with Crippen molar-refractivity contribution in [3.63, 3.8) is 0 Å². The molecule has 1 aromatic heterocycles. The lowest BCUT2D eigenvalue weighted by Gasteiger charge is -2.06. The molecule has 0 aliphatic carbocycles. The molecular weight excluding hydrogens is 296 g/mol. The van der Waals surface area contributed by atoms with Crippen molar-refractivity contribution in [1.82, 2.24) is 10.3 Å². The Morgan fingerprint density at radius 1 is 1.33 bits per heavy atom. The highest BCUT2D eigenvalue weighted by Crippen LogP contribution is 2.27. The summed E-state index contributed by atoms with van der Waals surface area (Å²) in [6.45, 7) is 9.62. The zero-order valence-electron chi connectivity index (χ0n) is 13.3. The molecule has 0 saturated heterocycles. The lowest BCUT2D eigenvalue weighted by Crippen LogP contribution is -2.21. The summed E-state index contributed by atoms with van der Waals surface area (Å²) in [6.07, 6.45) is 1.01. The third-order valence-corrected chi connectivity index (χ3v) is 5.47. The summed E-state index contributed by atoms with van der Waals surface area (Å²) in [7, 11) is 0. The smallest absolute Gasteiger partial charge is 0.103 e. The van der Waals surface area contributed by atoms with Crippen molar-refractivity contribution in [2.45, 2.75) is 57.4 Å². The predicted octanol–water partition coefficient (Wildman–Crippen LogP) is 4.80. The second-order valence-corrected chi connectivity index (χ2v) is 7.69. The van der Waals surface area contributed by atoms with Crippen LogP contribution in [0.5, 0.6) is 0 Å². The Labute approximate surface area is 136 Å². The Balaban J connectivity index is 2.00. The van der Waals surface area contributed by atoms with Gasteiger partial charge in [-0.25, -0.2) is 4.98 Å². The van der Waals surface area contributed by atoms with E-state index in [1.807, 2.05) is 23.1 Å². The molecule has 2 rings (SSSR count). The highest BCUT2D eigenvalue weighted by atomic mass is 32.2. The maximum atomic E-state index is 4.80. The van der Waals surface area contributed by atoms with E-state index < -0.39 is 0 Å². The van der Waals surface area contributed by atoms with Crippen molar-refractivity contribution >= 4 is 23.1 Å². The fourth-order valence-electron chi connectivity index (χ4n) is 2.06. The van der Waals surface area contributed by atoms with Crippen molar-refractivity contribution < 1.29 is 0 Å². The van der Waals surface area contributed by atoms with E-state index in [-0.39, 0.29) is 0 Å². The van der Waals surface area contributed by atoms with E-state index in [2.05, 4.69) is 57.3 Å². The summed E-state index contributed by atoms with van der Waals surface area (Å²) >= 11 is 3.73. The first-order valence-corrected chi connectivity index (χ1v) is 9.29. The van der Waals surface area contributed by atoms with E-state index in [4.69, 9.17) is 4.98 Å². The number of thioether (sulfide) groups is 1. The molecule has 1 heterocycles. The van der Waals surface area contributed by atoms with Gasteiger partial charge in [0.25, 0.3) is 0 Å². The quantitative estimate of drug-likeness (QED) is 0.741. The topological polar surface area (TPSA) is 24.9 Å². The molecule has 0 amide bonds. The average Bonchev–Trinajstić information content (AvgIpc) is 2.85. The number of benzene rings is 1. The van der Waals surface area contributed by atoms with Crippen LogP contribution in [-0.4, -0.2) is 11.0 Å². The largest absolute Gasteiger partial charge is 0.310 e. The molecule has 0 aliphatic heterocycles. The Kier molecular flexibility index (Phi) is 6.27. The van der Waals surface area contributed by atoms with Crippen LogP contribution in [0.25, 0.3) is 0 Å². The van der Waals surface area contributed by atoms with E-state index in [0.29, 0.717) is 6.04 Å². The van der Waals surface area contributed by atoms with Crippen LogP contribution in [0, 0.1) is 6.92 Å². The molecule has 0 unspecified atom stereocenters. The van der Waals surface area contributed by atoms with E-state index in [1.165, 1.54) is 26.0 Å². The van der Waals surface area contributed by atoms with Gasteiger partial charge in [0, 0.05) is 22.4 Å². The predicted molar refractivity (Wildman–Crippen MR) is 94.2 cm³/mol. The van der Waals surface area contributed by atoms with Gasteiger partial charge in [-0.2, -0.15) is 0 Å². The van der Waals surface area contributed by atoms with Gasteiger partial charge >= 0.3 is 0 Å². The summed E-state index contributed by atoms with van der Waals surface area (Å²) < 4.78 is 0. The second kappa shape index (κ2) is 7.97. The van der Waals surface area contributed by atoms with Gasteiger partial charge in [0.05, 0.1) is 11.4 Å². The van der Waals surface area contributed by atoms with Crippen LogP contribution >= 0.6 is 23.1 Å². The van der Waals surface area contributed by atoms with Gasteiger partial charge in [-0.05, 0) is 25.5 Å². The third kappa shape index (κ3) is 5.13. The maximum Gasteiger partial charge on any atom is 0.103 e. The van der Waals surface area contributed by atoms with Gasteiger partial charge in [-0.1, -0.05) is 38.5 Å². The van der Waals surface area contributed by atoms with Crippen LogP contribution in [-0.2, 0) is 18.7 Å². The zero-order valence-corrected chi connectivity index (χ0v) is 14.9. The fourth-order valence-corrected chi connectivity index (χ4v) is 4.17. The van der Waals surface area contributed by atoms with E-state index >= 15 is 0 Å². The summed E-state index contributed by atoms with van der Waals surface area (Å²) in [4.78, 5) is 7.52. The van der Waals surface area contributed by atoms with Gasteiger partial charge in [0.2, 0.25) is 0 Å². The molecule has 1 N–H and O–H groups in total. The first-order chi connectivity index (χ1) is 10.1. The Morgan fingerprint density at radius 3 is 2.81 bits per heavy atom. The number of hydrogen-bond donors (Lipinski definition) is 1. The number of aromatic nitrogens is 1. The van der Waals surface area contributed by atoms with Crippen molar-refractivity contribution in [3.05, 3.63) is 45.4 Å². The van der Waals surface area contributed by atoms with Gasteiger partial charge in [0.15, 0.2) is 0 Å². The van der Waals surface area contributed by atoms with Crippen molar-refractivity contribution in [3.8, 4) is 0 Å². The molecule has 21 heavy (non-hydrogen) atoms. The van der Waals surface area contributed by atoms with E-state index in [1.54, 1.807) is 0 Å². The van der Waals surface area contributed by atoms with Crippen LogP contribution in [0.4, 0.5) is 0 Å². The number of rotatable bonds is 7. The normalized spacial score (nSPS) is 11.3. The molecule has 1 aromatic carbocycles. The van der Waals surface area contributed by atoms with Crippen LogP contribution in [0.15, 0.2) is 29.2 Å². The van der Waals surface area contributed by atoms with Crippen LogP contribution in [0.1, 0.15) is 41.9 Å². The highest BCUT2D eigenvalue weighted by molar-refractivity contribution is 7.98.